The standard InChI is InChI=1S/C23H25N3O3S/c1-14-8-6-7-9-18(14)20-25-26-22(29-20)30-15(2)19(27)16-10-12-17(13-11-16)24-21(28)23(3,4)5/h6-13,15H,1-5H3,(H,24,28)/t15-/m1/s1. The fraction of sp³-hybridized carbons (Fsp3) is 0.304. The molecule has 0 fully saturated rings. The second-order valence-corrected chi connectivity index (χ2v) is 9.39. The Hall–Kier alpha value is -2.93. The lowest BCUT2D eigenvalue weighted by Gasteiger charge is -2.17. The number of nitrogens with one attached hydrogen (secondary N) is 1. The van der Waals surface area contributed by atoms with Gasteiger partial charge in [0.05, 0.1) is 5.25 Å². The molecular weight excluding hydrogens is 398 g/mol. The van der Waals surface area contributed by atoms with Crippen LogP contribution in [0.25, 0.3) is 11.5 Å². The third-order valence-corrected chi connectivity index (χ3v) is 5.47. The molecule has 6 nitrogen and oxygen atoms in total. The van der Waals surface area contributed by atoms with Crippen LogP contribution in [0.4, 0.5) is 5.69 Å². The zero-order valence-electron chi connectivity index (χ0n) is 17.7. The Morgan fingerprint density at radius 3 is 2.33 bits per heavy atom. The molecule has 7 heteroatoms. The molecule has 0 saturated heterocycles. The maximum Gasteiger partial charge on any atom is 0.277 e. The van der Waals surface area contributed by atoms with Crippen LogP contribution in [-0.4, -0.2) is 27.1 Å². The van der Waals surface area contributed by atoms with Crippen molar-refractivity contribution in [2.24, 2.45) is 5.41 Å². The van der Waals surface area contributed by atoms with E-state index in [-0.39, 0.29) is 11.7 Å². The van der Waals surface area contributed by atoms with Gasteiger partial charge in [-0.05, 0) is 49.7 Å². The molecule has 0 saturated carbocycles. The number of hydrogen-bond donors (Lipinski definition) is 1. The van der Waals surface area contributed by atoms with Crippen molar-refractivity contribution >= 4 is 29.1 Å². The van der Waals surface area contributed by atoms with Crippen LogP contribution in [0, 0.1) is 12.3 Å². The number of benzene rings is 2. The number of thioether (sulfide) groups is 1. The molecule has 2 aromatic carbocycles. The third kappa shape index (κ3) is 5.16. The van der Waals surface area contributed by atoms with Gasteiger partial charge in [-0.15, -0.1) is 10.2 Å². The Morgan fingerprint density at radius 1 is 1.03 bits per heavy atom. The number of nitrogens with zero attached hydrogens (tertiary/aromatic N) is 2. The van der Waals surface area contributed by atoms with Crippen molar-refractivity contribution in [3.63, 3.8) is 0 Å². The molecule has 30 heavy (non-hydrogen) atoms. The normalized spacial score (nSPS) is 12.4. The minimum Gasteiger partial charge on any atom is -0.411 e. The first-order valence-corrected chi connectivity index (χ1v) is 10.5. The summed E-state index contributed by atoms with van der Waals surface area (Å²) >= 11 is 1.23. The van der Waals surface area contributed by atoms with Crippen molar-refractivity contribution in [3.05, 3.63) is 59.7 Å². The van der Waals surface area contributed by atoms with Gasteiger partial charge >= 0.3 is 0 Å². The van der Waals surface area contributed by atoms with E-state index in [1.54, 1.807) is 31.2 Å². The van der Waals surface area contributed by atoms with Gasteiger partial charge in [0.15, 0.2) is 5.78 Å². The predicted molar refractivity (Wildman–Crippen MR) is 119 cm³/mol. The number of anilines is 1. The summed E-state index contributed by atoms with van der Waals surface area (Å²) in [5, 5.41) is 11.0. The van der Waals surface area contributed by atoms with Gasteiger partial charge in [0, 0.05) is 22.2 Å². The van der Waals surface area contributed by atoms with Gasteiger partial charge in [0.1, 0.15) is 0 Å². The molecule has 0 aliphatic carbocycles. The van der Waals surface area contributed by atoms with Gasteiger partial charge < -0.3 is 9.73 Å². The molecule has 3 rings (SSSR count). The summed E-state index contributed by atoms with van der Waals surface area (Å²) in [6.45, 7) is 9.33. The Kier molecular flexibility index (Phi) is 6.41. The second kappa shape index (κ2) is 8.83. The fourth-order valence-electron chi connectivity index (χ4n) is 2.65. The monoisotopic (exact) mass is 423 g/mol. The number of ketones is 1. The van der Waals surface area contributed by atoms with Crippen LogP contribution in [0.2, 0.25) is 0 Å². The van der Waals surface area contributed by atoms with Crippen molar-refractivity contribution < 1.29 is 14.0 Å². The predicted octanol–water partition coefficient (Wildman–Crippen LogP) is 5.39. The molecule has 156 valence electrons. The number of Topliss-reactive ketones (excluding diaryl/α,β-unsaturated/α-hetero) is 1. The van der Waals surface area contributed by atoms with Gasteiger partial charge in [-0.3, -0.25) is 9.59 Å². The summed E-state index contributed by atoms with van der Waals surface area (Å²) in [5.41, 5.74) is 2.65. The Balaban J connectivity index is 1.65. The first-order chi connectivity index (χ1) is 14.1. The van der Waals surface area contributed by atoms with Crippen LogP contribution in [0.3, 0.4) is 0 Å². The Bertz CT molecular complexity index is 1050. The van der Waals surface area contributed by atoms with E-state index in [1.807, 2.05) is 52.0 Å². The van der Waals surface area contributed by atoms with E-state index in [1.165, 1.54) is 11.8 Å². The number of aryl methyl sites for hydroxylation is 1. The minimum absolute atomic E-state index is 0.0515. The highest BCUT2D eigenvalue weighted by molar-refractivity contribution is 8.00. The summed E-state index contributed by atoms with van der Waals surface area (Å²) in [7, 11) is 0. The lowest BCUT2D eigenvalue weighted by atomic mass is 9.95. The zero-order valence-corrected chi connectivity index (χ0v) is 18.5. The average molecular weight is 424 g/mol. The summed E-state index contributed by atoms with van der Waals surface area (Å²) < 4.78 is 5.74. The minimum atomic E-state index is -0.485. The smallest absolute Gasteiger partial charge is 0.277 e. The molecule has 1 N–H and O–H groups in total. The summed E-state index contributed by atoms with van der Waals surface area (Å²) in [5.74, 6) is 0.310. The van der Waals surface area contributed by atoms with Crippen LogP contribution in [0.1, 0.15) is 43.6 Å². The molecule has 0 aliphatic heterocycles. The molecule has 3 aromatic rings. The lowest BCUT2D eigenvalue weighted by molar-refractivity contribution is -0.123. The Labute approximate surface area is 180 Å². The number of carbonyl (C=O) groups excluding carboxylic acids is 2. The van der Waals surface area contributed by atoms with Crippen LogP contribution in [-0.2, 0) is 4.79 Å². The van der Waals surface area contributed by atoms with Crippen LogP contribution in [0.5, 0.6) is 0 Å². The average Bonchev–Trinajstić information content (AvgIpc) is 3.15. The quantitative estimate of drug-likeness (QED) is 0.422. The molecule has 0 spiro atoms. The van der Waals surface area contributed by atoms with Gasteiger partial charge in [-0.1, -0.05) is 50.7 Å². The first-order valence-electron chi connectivity index (χ1n) is 9.67. The molecule has 0 bridgehead atoms. The number of carbonyl (C=O) groups is 2. The van der Waals surface area contributed by atoms with Crippen molar-refractivity contribution in [2.45, 2.75) is 45.1 Å². The van der Waals surface area contributed by atoms with E-state index >= 15 is 0 Å². The van der Waals surface area contributed by atoms with Crippen LogP contribution >= 0.6 is 11.8 Å². The maximum absolute atomic E-state index is 12.8. The van der Waals surface area contributed by atoms with Crippen molar-refractivity contribution in [1.82, 2.24) is 10.2 Å². The lowest BCUT2D eigenvalue weighted by Crippen LogP contribution is -2.27. The van der Waals surface area contributed by atoms with Crippen LogP contribution in [0.15, 0.2) is 58.2 Å². The zero-order chi connectivity index (χ0) is 21.9. The topological polar surface area (TPSA) is 85.1 Å². The molecule has 0 aliphatic rings. The van der Waals surface area contributed by atoms with Crippen LogP contribution < -0.4 is 5.32 Å². The highest BCUT2D eigenvalue weighted by atomic mass is 32.2. The molecule has 1 atom stereocenters. The van der Waals surface area contributed by atoms with E-state index in [2.05, 4.69) is 15.5 Å². The van der Waals surface area contributed by atoms with Gasteiger partial charge in [0.2, 0.25) is 11.8 Å². The van der Waals surface area contributed by atoms with E-state index in [4.69, 9.17) is 4.42 Å². The first kappa shape index (κ1) is 21.8. The van der Waals surface area contributed by atoms with Gasteiger partial charge in [-0.2, -0.15) is 0 Å². The number of rotatable bonds is 6. The summed E-state index contributed by atoms with van der Waals surface area (Å²) in [4.78, 5) is 24.9. The third-order valence-electron chi connectivity index (χ3n) is 4.54. The number of hydrogen-bond acceptors (Lipinski definition) is 6. The largest absolute Gasteiger partial charge is 0.411 e. The van der Waals surface area contributed by atoms with E-state index in [0.29, 0.717) is 22.4 Å². The highest BCUT2D eigenvalue weighted by Crippen LogP contribution is 2.29. The fourth-order valence-corrected chi connectivity index (χ4v) is 3.42. The van der Waals surface area contributed by atoms with E-state index in [9.17, 15) is 9.59 Å². The van der Waals surface area contributed by atoms with E-state index < -0.39 is 10.7 Å². The molecular formula is C23H25N3O3S. The molecule has 1 amide bonds. The summed E-state index contributed by atoms with van der Waals surface area (Å²) in [6, 6.07) is 14.7. The maximum atomic E-state index is 12.8. The molecule has 1 aromatic heterocycles. The van der Waals surface area contributed by atoms with Crippen molar-refractivity contribution in [1.29, 1.82) is 0 Å². The SMILES string of the molecule is Cc1ccccc1-c1nnc(S[C@H](C)C(=O)c2ccc(NC(=O)C(C)(C)C)cc2)o1. The number of aromatic nitrogens is 2. The molecule has 0 radical (unpaired) electrons. The highest BCUT2D eigenvalue weighted by Gasteiger charge is 2.22. The number of amides is 1. The molecule has 0 unspecified atom stereocenters. The second-order valence-electron chi connectivity index (χ2n) is 8.09. The van der Waals surface area contributed by atoms with Gasteiger partial charge in [-0.25, -0.2) is 0 Å². The van der Waals surface area contributed by atoms with Crippen molar-refractivity contribution in [2.75, 3.05) is 5.32 Å². The van der Waals surface area contributed by atoms with Gasteiger partial charge in [0.25, 0.3) is 5.22 Å². The van der Waals surface area contributed by atoms with Crippen molar-refractivity contribution in [3.8, 4) is 11.5 Å². The van der Waals surface area contributed by atoms with E-state index in [0.717, 1.165) is 11.1 Å². The summed E-state index contributed by atoms with van der Waals surface area (Å²) in [6.07, 6.45) is 0. The Morgan fingerprint density at radius 2 is 1.70 bits per heavy atom. The molecule has 1 heterocycles.